The molecule has 0 aliphatic carbocycles. The highest BCUT2D eigenvalue weighted by atomic mass is 32.1. The number of thiophene rings is 1. The second kappa shape index (κ2) is 6.47. The van der Waals surface area contributed by atoms with E-state index in [1.165, 1.54) is 11.3 Å². The molecule has 2 amide bonds. The zero-order chi connectivity index (χ0) is 15.5. The lowest BCUT2D eigenvalue weighted by Gasteiger charge is -2.33. The van der Waals surface area contributed by atoms with Crippen molar-refractivity contribution in [3.05, 3.63) is 22.4 Å². The van der Waals surface area contributed by atoms with Crippen LogP contribution < -0.4 is 5.32 Å². The molecule has 2 heterocycles. The third-order valence-corrected chi connectivity index (χ3v) is 4.02. The predicted octanol–water partition coefficient (Wildman–Crippen LogP) is 2.88. The Labute approximate surface area is 129 Å². The lowest BCUT2D eigenvalue weighted by molar-refractivity contribution is 0.0453. The minimum Gasteiger partial charge on any atom is -0.444 e. The number of carbonyl (C=O) groups excluding carboxylic acids is 2. The fourth-order valence-corrected chi connectivity index (χ4v) is 3.00. The van der Waals surface area contributed by atoms with Gasteiger partial charge in [-0.15, -0.1) is 11.3 Å². The Morgan fingerprint density at radius 2 is 2.19 bits per heavy atom. The lowest BCUT2D eigenvalue weighted by Crippen LogP contribution is -2.50. The number of piperidine rings is 1. The summed E-state index contributed by atoms with van der Waals surface area (Å²) < 4.78 is 5.26. The van der Waals surface area contributed by atoms with Crippen molar-refractivity contribution in [3.63, 3.8) is 0 Å². The van der Waals surface area contributed by atoms with Gasteiger partial charge in [0, 0.05) is 19.1 Å². The normalized spacial score (nSPS) is 19.2. The topological polar surface area (TPSA) is 58.6 Å². The molecular weight excluding hydrogens is 288 g/mol. The van der Waals surface area contributed by atoms with Crippen LogP contribution in [0.2, 0.25) is 0 Å². The Hall–Kier alpha value is -1.56. The standard InChI is InChI=1S/C15H22N2O3S/c1-15(2,3)20-14(19)16-11-6-4-8-17(10-11)13(18)12-7-5-9-21-12/h5,7,9,11H,4,6,8,10H2,1-3H3,(H,16,19)/t11-/m0/s1. The molecule has 5 nitrogen and oxygen atoms in total. The number of hydrogen-bond donors (Lipinski definition) is 1. The molecule has 2 rings (SSSR count). The Balaban J connectivity index is 1.89. The summed E-state index contributed by atoms with van der Waals surface area (Å²) in [5.41, 5.74) is -0.509. The monoisotopic (exact) mass is 310 g/mol. The number of hydrogen-bond acceptors (Lipinski definition) is 4. The minimum atomic E-state index is -0.509. The van der Waals surface area contributed by atoms with E-state index in [-0.39, 0.29) is 11.9 Å². The van der Waals surface area contributed by atoms with Crippen LogP contribution in [0.25, 0.3) is 0 Å². The number of ether oxygens (including phenoxy) is 1. The van der Waals surface area contributed by atoms with E-state index in [9.17, 15) is 9.59 Å². The Bertz CT molecular complexity index is 494. The van der Waals surface area contributed by atoms with Crippen LogP contribution >= 0.6 is 11.3 Å². The number of carbonyl (C=O) groups is 2. The average molecular weight is 310 g/mol. The van der Waals surface area contributed by atoms with Gasteiger partial charge in [0.1, 0.15) is 5.60 Å². The van der Waals surface area contributed by atoms with Crippen molar-refractivity contribution >= 4 is 23.3 Å². The van der Waals surface area contributed by atoms with E-state index in [1.807, 2.05) is 38.3 Å². The summed E-state index contributed by atoms with van der Waals surface area (Å²) in [6.07, 6.45) is 1.34. The molecule has 1 aliphatic rings. The Morgan fingerprint density at radius 1 is 1.43 bits per heavy atom. The van der Waals surface area contributed by atoms with Crippen LogP contribution in [-0.2, 0) is 4.74 Å². The molecule has 0 radical (unpaired) electrons. The maximum Gasteiger partial charge on any atom is 0.407 e. The largest absolute Gasteiger partial charge is 0.444 e. The number of nitrogens with one attached hydrogen (secondary N) is 1. The maximum atomic E-state index is 12.3. The van der Waals surface area contributed by atoms with Crippen LogP contribution in [0.5, 0.6) is 0 Å². The van der Waals surface area contributed by atoms with Crippen molar-refractivity contribution in [3.8, 4) is 0 Å². The summed E-state index contributed by atoms with van der Waals surface area (Å²) >= 11 is 1.44. The number of likely N-dealkylation sites (tertiary alicyclic amines) is 1. The van der Waals surface area contributed by atoms with Crippen molar-refractivity contribution in [2.24, 2.45) is 0 Å². The first kappa shape index (κ1) is 15.8. The van der Waals surface area contributed by atoms with Gasteiger partial charge in [0.15, 0.2) is 0 Å². The highest BCUT2D eigenvalue weighted by molar-refractivity contribution is 7.12. The third-order valence-electron chi connectivity index (χ3n) is 3.16. The second-order valence-corrected chi connectivity index (χ2v) is 7.16. The molecule has 1 atom stereocenters. The molecule has 0 saturated carbocycles. The molecule has 6 heteroatoms. The van der Waals surface area contributed by atoms with Crippen molar-refractivity contribution < 1.29 is 14.3 Å². The molecule has 0 spiro atoms. The van der Waals surface area contributed by atoms with Crippen molar-refractivity contribution in [1.29, 1.82) is 0 Å². The van der Waals surface area contributed by atoms with Gasteiger partial charge in [-0.05, 0) is 45.1 Å². The summed E-state index contributed by atoms with van der Waals surface area (Å²) in [5.74, 6) is 0.0423. The Morgan fingerprint density at radius 3 is 2.81 bits per heavy atom. The van der Waals surface area contributed by atoms with Gasteiger partial charge in [0.25, 0.3) is 5.91 Å². The van der Waals surface area contributed by atoms with Crippen molar-refractivity contribution in [2.45, 2.75) is 45.3 Å². The zero-order valence-electron chi connectivity index (χ0n) is 12.7. The highest BCUT2D eigenvalue weighted by Crippen LogP contribution is 2.17. The maximum absolute atomic E-state index is 12.3. The van der Waals surface area contributed by atoms with Crippen molar-refractivity contribution in [1.82, 2.24) is 10.2 Å². The van der Waals surface area contributed by atoms with Gasteiger partial charge in [0.2, 0.25) is 0 Å². The number of amides is 2. The molecule has 1 fully saturated rings. The number of rotatable bonds is 2. The fourth-order valence-electron chi connectivity index (χ4n) is 2.31. The SMILES string of the molecule is CC(C)(C)OC(=O)N[C@H]1CCCN(C(=O)c2cccs2)C1. The fraction of sp³-hybridized carbons (Fsp3) is 0.600. The van der Waals surface area contributed by atoms with E-state index >= 15 is 0 Å². The van der Waals surface area contributed by atoms with Crippen molar-refractivity contribution in [2.75, 3.05) is 13.1 Å². The molecule has 0 unspecified atom stereocenters. The minimum absolute atomic E-state index is 0.0423. The van der Waals surface area contributed by atoms with Crippen LogP contribution in [-0.4, -0.2) is 41.6 Å². The van der Waals surface area contributed by atoms with Gasteiger partial charge >= 0.3 is 6.09 Å². The molecule has 1 aromatic heterocycles. The van der Waals surface area contributed by atoms with E-state index in [0.29, 0.717) is 6.54 Å². The summed E-state index contributed by atoms with van der Waals surface area (Å²) in [4.78, 5) is 26.7. The van der Waals surface area contributed by atoms with E-state index in [4.69, 9.17) is 4.74 Å². The van der Waals surface area contributed by atoms with Gasteiger partial charge in [-0.1, -0.05) is 6.07 Å². The Kier molecular flexibility index (Phi) is 4.88. The van der Waals surface area contributed by atoms with Crippen LogP contribution in [0.4, 0.5) is 4.79 Å². The van der Waals surface area contributed by atoms with E-state index in [1.54, 1.807) is 4.90 Å². The van der Waals surface area contributed by atoms with E-state index in [2.05, 4.69) is 5.32 Å². The lowest BCUT2D eigenvalue weighted by atomic mass is 10.1. The highest BCUT2D eigenvalue weighted by Gasteiger charge is 2.27. The van der Waals surface area contributed by atoms with Gasteiger partial charge < -0.3 is 15.0 Å². The van der Waals surface area contributed by atoms with Crippen LogP contribution in [0.3, 0.4) is 0 Å². The van der Waals surface area contributed by atoms with Gasteiger partial charge in [0.05, 0.1) is 4.88 Å². The molecule has 0 bridgehead atoms. The molecule has 0 aromatic carbocycles. The third kappa shape index (κ3) is 4.74. The summed E-state index contributed by atoms with van der Waals surface area (Å²) in [6.45, 7) is 6.78. The molecule has 21 heavy (non-hydrogen) atoms. The number of alkyl carbamates (subject to hydrolysis) is 1. The van der Waals surface area contributed by atoms with Gasteiger partial charge in [-0.2, -0.15) is 0 Å². The molecule has 116 valence electrons. The molecule has 1 aromatic rings. The first-order chi connectivity index (χ1) is 9.85. The van der Waals surface area contributed by atoms with E-state index < -0.39 is 11.7 Å². The smallest absolute Gasteiger partial charge is 0.407 e. The summed E-state index contributed by atoms with van der Waals surface area (Å²) in [6, 6.07) is 3.66. The van der Waals surface area contributed by atoms with E-state index in [0.717, 1.165) is 24.3 Å². The van der Waals surface area contributed by atoms with Crippen LogP contribution in [0.1, 0.15) is 43.3 Å². The predicted molar refractivity (Wildman–Crippen MR) is 82.6 cm³/mol. The zero-order valence-corrected chi connectivity index (χ0v) is 13.5. The second-order valence-electron chi connectivity index (χ2n) is 6.21. The molecule has 1 saturated heterocycles. The average Bonchev–Trinajstić information content (AvgIpc) is 2.89. The summed E-state index contributed by atoms with van der Waals surface area (Å²) in [7, 11) is 0. The molecular formula is C15H22N2O3S. The number of nitrogens with zero attached hydrogens (tertiary/aromatic N) is 1. The quantitative estimate of drug-likeness (QED) is 0.914. The molecule has 1 aliphatic heterocycles. The van der Waals surface area contributed by atoms with Gasteiger partial charge in [-0.25, -0.2) is 4.79 Å². The first-order valence-corrected chi connectivity index (χ1v) is 8.05. The van der Waals surface area contributed by atoms with Crippen LogP contribution in [0.15, 0.2) is 17.5 Å². The molecule has 1 N–H and O–H groups in total. The first-order valence-electron chi connectivity index (χ1n) is 7.17. The van der Waals surface area contributed by atoms with Crippen LogP contribution in [0, 0.1) is 0 Å². The summed E-state index contributed by atoms with van der Waals surface area (Å²) in [5, 5.41) is 4.75. The van der Waals surface area contributed by atoms with Gasteiger partial charge in [-0.3, -0.25) is 4.79 Å².